The van der Waals surface area contributed by atoms with Crippen LogP contribution in [-0.4, -0.2) is 73.0 Å². The molecule has 40 heavy (non-hydrogen) atoms. The standard InChI is InChI=1S/C32H38N6O2/c1-23(28-21-33-29-15-8-7-14-27(28)29)30(31(39)34-25-11-9-10-24(20-25)22-36(2)3)35-32(40)38-18-16-37(17-19-38)26-12-5-4-6-13-26/h4-15,20-21,23,30,33H,16-19,22H2,1-3H3,(H,34,39)(H,35,40)/t23-,30-/m1/s1. The Morgan fingerprint density at radius 2 is 1.65 bits per heavy atom. The van der Waals surface area contributed by atoms with Crippen LogP contribution in [0.5, 0.6) is 0 Å². The van der Waals surface area contributed by atoms with Crippen molar-refractivity contribution in [3.63, 3.8) is 0 Å². The fourth-order valence-corrected chi connectivity index (χ4v) is 5.43. The number of nitrogens with zero attached hydrogens (tertiary/aromatic N) is 3. The average molecular weight is 539 g/mol. The third-order valence-electron chi connectivity index (χ3n) is 7.55. The Kier molecular flexibility index (Phi) is 8.36. The lowest BCUT2D eigenvalue weighted by molar-refractivity contribution is -0.118. The summed E-state index contributed by atoms with van der Waals surface area (Å²) in [4.78, 5) is 36.8. The van der Waals surface area contributed by atoms with Crippen LogP contribution in [0.4, 0.5) is 16.2 Å². The highest BCUT2D eigenvalue weighted by Gasteiger charge is 2.32. The summed E-state index contributed by atoms with van der Waals surface area (Å²) in [5, 5.41) is 7.22. The minimum absolute atomic E-state index is 0.221. The van der Waals surface area contributed by atoms with Gasteiger partial charge in [0.25, 0.3) is 0 Å². The zero-order valence-corrected chi connectivity index (χ0v) is 23.4. The first-order valence-corrected chi connectivity index (χ1v) is 13.8. The molecule has 0 saturated carbocycles. The lowest BCUT2D eigenvalue weighted by Crippen LogP contribution is -2.56. The number of nitrogens with one attached hydrogen (secondary N) is 3. The van der Waals surface area contributed by atoms with Crippen molar-refractivity contribution in [1.82, 2.24) is 20.1 Å². The van der Waals surface area contributed by atoms with Crippen molar-refractivity contribution in [3.05, 3.63) is 96.2 Å². The normalized spacial score (nSPS) is 15.2. The molecule has 3 N–H and O–H groups in total. The average Bonchev–Trinajstić information content (AvgIpc) is 3.40. The van der Waals surface area contributed by atoms with Gasteiger partial charge >= 0.3 is 6.03 Å². The summed E-state index contributed by atoms with van der Waals surface area (Å²) < 4.78 is 0. The van der Waals surface area contributed by atoms with Crippen LogP contribution in [0.1, 0.15) is 24.0 Å². The van der Waals surface area contributed by atoms with E-state index in [-0.39, 0.29) is 17.9 Å². The molecule has 0 radical (unpaired) electrons. The zero-order chi connectivity index (χ0) is 28.1. The third-order valence-corrected chi connectivity index (χ3v) is 7.55. The quantitative estimate of drug-likeness (QED) is 0.299. The van der Waals surface area contributed by atoms with E-state index >= 15 is 0 Å². The van der Waals surface area contributed by atoms with Crippen LogP contribution in [0.2, 0.25) is 0 Å². The van der Waals surface area contributed by atoms with Crippen LogP contribution < -0.4 is 15.5 Å². The van der Waals surface area contributed by atoms with Crippen LogP contribution in [0.3, 0.4) is 0 Å². The van der Waals surface area contributed by atoms with E-state index in [2.05, 4.69) is 37.6 Å². The molecule has 1 saturated heterocycles. The van der Waals surface area contributed by atoms with Gasteiger partial charge in [-0.15, -0.1) is 0 Å². The molecule has 8 heteroatoms. The van der Waals surface area contributed by atoms with Crippen LogP contribution in [0.15, 0.2) is 85.1 Å². The third kappa shape index (κ3) is 6.29. The van der Waals surface area contributed by atoms with Gasteiger partial charge in [0.05, 0.1) is 0 Å². The summed E-state index contributed by atoms with van der Waals surface area (Å²) in [6.07, 6.45) is 1.94. The van der Waals surface area contributed by atoms with Crippen LogP contribution in [0, 0.1) is 0 Å². The second kappa shape index (κ2) is 12.3. The van der Waals surface area contributed by atoms with Gasteiger partial charge in [-0.1, -0.05) is 55.5 Å². The monoisotopic (exact) mass is 538 g/mol. The number of aromatic nitrogens is 1. The first kappa shape index (κ1) is 27.3. The lowest BCUT2D eigenvalue weighted by atomic mass is 9.92. The molecule has 3 amide bonds. The fourth-order valence-electron chi connectivity index (χ4n) is 5.43. The van der Waals surface area contributed by atoms with Crippen molar-refractivity contribution in [2.24, 2.45) is 0 Å². The lowest BCUT2D eigenvalue weighted by Gasteiger charge is -2.37. The van der Waals surface area contributed by atoms with Gasteiger partial charge in [-0.25, -0.2) is 4.79 Å². The van der Waals surface area contributed by atoms with E-state index in [0.29, 0.717) is 18.8 Å². The van der Waals surface area contributed by atoms with Gasteiger partial charge in [-0.05, 0) is 55.6 Å². The molecule has 5 rings (SSSR count). The second-order valence-corrected chi connectivity index (χ2v) is 10.7. The molecule has 0 aliphatic carbocycles. The maximum atomic E-state index is 13.8. The minimum Gasteiger partial charge on any atom is -0.368 e. The van der Waals surface area contributed by atoms with Gasteiger partial charge in [-0.2, -0.15) is 0 Å². The Bertz CT molecular complexity index is 1440. The number of amides is 3. The summed E-state index contributed by atoms with van der Waals surface area (Å²) in [6, 6.07) is 25.1. The number of benzene rings is 3. The number of hydrogen-bond acceptors (Lipinski definition) is 4. The summed E-state index contributed by atoms with van der Waals surface area (Å²) in [6.45, 7) is 5.42. The Morgan fingerprint density at radius 1 is 0.925 bits per heavy atom. The highest BCUT2D eigenvalue weighted by molar-refractivity contribution is 5.98. The molecule has 0 bridgehead atoms. The van der Waals surface area contributed by atoms with E-state index in [0.717, 1.165) is 47.4 Å². The summed E-state index contributed by atoms with van der Waals surface area (Å²) >= 11 is 0. The second-order valence-electron chi connectivity index (χ2n) is 10.7. The smallest absolute Gasteiger partial charge is 0.318 e. The van der Waals surface area contributed by atoms with Gasteiger partial charge < -0.3 is 30.3 Å². The highest BCUT2D eigenvalue weighted by Crippen LogP contribution is 2.29. The molecular formula is C32H38N6O2. The molecule has 1 fully saturated rings. The molecule has 0 spiro atoms. The van der Waals surface area contributed by atoms with Crippen LogP contribution >= 0.6 is 0 Å². The van der Waals surface area contributed by atoms with Crippen molar-refractivity contribution in [3.8, 4) is 0 Å². The molecule has 0 unspecified atom stereocenters. The summed E-state index contributed by atoms with van der Waals surface area (Å²) in [5.41, 5.74) is 4.97. The van der Waals surface area contributed by atoms with E-state index in [1.807, 2.05) is 93.9 Å². The van der Waals surface area contributed by atoms with Crippen molar-refractivity contribution < 1.29 is 9.59 Å². The van der Waals surface area contributed by atoms with E-state index in [9.17, 15) is 9.59 Å². The van der Waals surface area contributed by atoms with E-state index in [1.165, 1.54) is 0 Å². The molecule has 2 atom stereocenters. The topological polar surface area (TPSA) is 83.7 Å². The fraction of sp³-hybridized carbons (Fsp3) is 0.312. The van der Waals surface area contributed by atoms with E-state index in [4.69, 9.17) is 0 Å². The van der Waals surface area contributed by atoms with Crippen molar-refractivity contribution >= 4 is 34.2 Å². The number of aromatic amines is 1. The largest absolute Gasteiger partial charge is 0.368 e. The van der Waals surface area contributed by atoms with Gasteiger partial charge in [0, 0.05) is 67.1 Å². The predicted octanol–water partition coefficient (Wildman–Crippen LogP) is 4.87. The molecule has 208 valence electrons. The Balaban J connectivity index is 1.34. The Hall–Kier alpha value is -4.30. The number of carbonyl (C=O) groups excluding carboxylic acids is 2. The van der Waals surface area contributed by atoms with E-state index in [1.54, 1.807) is 4.90 Å². The molecule has 4 aromatic rings. The molecule has 1 aromatic heterocycles. The number of para-hydroxylation sites is 2. The Labute approximate surface area is 236 Å². The number of piperazine rings is 1. The molecule has 3 aromatic carbocycles. The number of urea groups is 1. The minimum atomic E-state index is -0.767. The first-order valence-electron chi connectivity index (χ1n) is 13.8. The molecule has 1 aliphatic heterocycles. The number of fused-ring (bicyclic) bond motifs is 1. The molecule has 1 aliphatic rings. The number of rotatable bonds is 8. The molecule has 8 nitrogen and oxygen atoms in total. The molecule has 2 heterocycles. The van der Waals surface area contributed by atoms with Crippen molar-refractivity contribution in [1.29, 1.82) is 0 Å². The Morgan fingerprint density at radius 3 is 2.40 bits per heavy atom. The zero-order valence-electron chi connectivity index (χ0n) is 23.4. The SMILES string of the molecule is C[C@H](c1c[nH]c2ccccc12)[C@@H](NC(=O)N1CCN(c2ccccc2)CC1)C(=O)Nc1cccc(CN(C)C)c1. The van der Waals surface area contributed by atoms with Gasteiger partial charge in [0.1, 0.15) is 6.04 Å². The number of H-pyrrole nitrogens is 1. The summed E-state index contributed by atoms with van der Waals surface area (Å²) in [7, 11) is 4.03. The van der Waals surface area contributed by atoms with Gasteiger partial charge in [0.2, 0.25) is 5.91 Å². The number of hydrogen-bond donors (Lipinski definition) is 3. The van der Waals surface area contributed by atoms with Crippen molar-refractivity contribution in [2.75, 3.05) is 50.5 Å². The van der Waals surface area contributed by atoms with Gasteiger partial charge in [-0.3, -0.25) is 4.79 Å². The number of carbonyl (C=O) groups is 2. The maximum Gasteiger partial charge on any atom is 0.318 e. The van der Waals surface area contributed by atoms with Gasteiger partial charge in [0.15, 0.2) is 0 Å². The first-order chi connectivity index (χ1) is 19.4. The van der Waals surface area contributed by atoms with Crippen LogP contribution in [0.25, 0.3) is 10.9 Å². The van der Waals surface area contributed by atoms with E-state index < -0.39 is 6.04 Å². The molecular weight excluding hydrogens is 500 g/mol. The summed E-state index contributed by atoms with van der Waals surface area (Å²) in [5.74, 6) is -0.508. The highest BCUT2D eigenvalue weighted by atomic mass is 16.2. The van der Waals surface area contributed by atoms with Crippen molar-refractivity contribution in [2.45, 2.75) is 25.4 Å². The maximum absolute atomic E-state index is 13.8. The number of anilines is 2. The van der Waals surface area contributed by atoms with Crippen LogP contribution in [-0.2, 0) is 11.3 Å². The predicted molar refractivity (Wildman–Crippen MR) is 162 cm³/mol.